The standard InChI is InChI=1S/C14H10F3NO4S/c1-8-13(18-22-23(19,20)14(15,16)17)12-10-5-3-2-4-9(10)6-7-11(12)21-8/h2-8H,1H3/b18-13+. The molecule has 1 aliphatic heterocycles. The molecule has 0 bridgehead atoms. The van der Waals surface area contributed by atoms with E-state index in [4.69, 9.17) is 4.74 Å². The SMILES string of the molecule is CC1Oc2ccc3ccccc3c2/C1=N/OS(=O)(=O)C(F)(F)F. The Morgan fingerprint density at radius 1 is 1.17 bits per heavy atom. The molecule has 0 spiro atoms. The lowest BCUT2D eigenvalue weighted by Crippen LogP contribution is -2.25. The van der Waals surface area contributed by atoms with Gasteiger partial charge in [-0.25, -0.2) is 0 Å². The lowest BCUT2D eigenvalue weighted by atomic mass is 10.00. The van der Waals surface area contributed by atoms with Gasteiger partial charge in [-0.3, -0.25) is 4.28 Å². The summed E-state index contributed by atoms with van der Waals surface area (Å²) in [6.45, 7) is 1.54. The smallest absolute Gasteiger partial charge is 0.484 e. The predicted octanol–water partition coefficient (Wildman–Crippen LogP) is 3.19. The van der Waals surface area contributed by atoms with E-state index in [1.165, 1.54) is 6.92 Å². The molecule has 0 amide bonds. The molecule has 9 heteroatoms. The largest absolute Gasteiger partial charge is 0.536 e. The van der Waals surface area contributed by atoms with Gasteiger partial charge >= 0.3 is 15.6 Å². The summed E-state index contributed by atoms with van der Waals surface area (Å²) in [6, 6.07) is 10.5. The highest BCUT2D eigenvalue weighted by Gasteiger charge is 2.49. The maximum absolute atomic E-state index is 12.3. The average molecular weight is 345 g/mol. The van der Waals surface area contributed by atoms with Crippen molar-refractivity contribution in [1.29, 1.82) is 0 Å². The molecule has 1 aliphatic rings. The van der Waals surface area contributed by atoms with Crippen LogP contribution in [0.3, 0.4) is 0 Å². The van der Waals surface area contributed by atoms with Crippen molar-refractivity contribution in [3.8, 4) is 5.75 Å². The van der Waals surface area contributed by atoms with Gasteiger partial charge < -0.3 is 4.74 Å². The van der Waals surface area contributed by atoms with Crippen LogP contribution in [0.2, 0.25) is 0 Å². The fraction of sp³-hybridized carbons (Fsp3) is 0.214. The number of rotatable bonds is 2. The first-order chi connectivity index (χ1) is 10.7. The van der Waals surface area contributed by atoms with Gasteiger partial charge in [-0.1, -0.05) is 35.5 Å². The molecule has 2 aromatic rings. The fourth-order valence-corrected chi connectivity index (χ4v) is 2.58. The Balaban J connectivity index is 2.10. The molecule has 0 saturated heterocycles. The number of hydrogen-bond donors (Lipinski definition) is 0. The molecular weight excluding hydrogens is 335 g/mol. The summed E-state index contributed by atoms with van der Waals surface area (Å²) < 4.78 is 68.3. The Kier molecular flexibility index (Phi) is 3.47. The zero-order valence-electron chi connectivity index (χ0n) is 11.7. The quantitative estimate of drug-likeness (QED) is 0.619. The lowest BCUT2D eigenvalue weighted by Gasteiger charge is -2.07. The molecule has 2 aromatic carbocycles. The summed E-state index contributed by atoms with van der Waals surface area (Å²) in [6.07, 6.45) is -0.737. The minimum atomic E-state index is -5.81. The average Bonchev–Trinajstić information content (AvgIpc) is 2.80. The number of halogens is 3. The van der Waals surface area contributed by atoms with Crippen LogP contribution in [0.4, 0.5) is 13.2 Å². The van der Waals surface area contributed by atoms with Gasteiger partial charge in [0, 0.05) is 0 Å². The summed E-state index contributed by atoms with van der Waals surface area (Å²) in [4.78, 5) is 0. The van der Waals surface area contributed by atoms with E-state index in [0.717, 1.165) is 5.39 Å². The number of ether oxygens (including phenoxy) is 1. The third-order valence-corrected chi connectivity index (χ3v) is 4.19. The van der Waals surface area contributed by atoms with Gasteiger partial charge in [-0.2, -0.15) is 21.6 Å². The van der Waals surface area contributed by atoms with Crippen LogP contribution in [0, 0.1) is 0 Å². The van der Waals surface area contributed by atoms with Crippen LogP contribution < -0.4 is 4.74 Å². The van der Waals surface area contributed by atoms with Crippen LogP contribution in [-0.4, -0.2) is 25.7 Å². The van der Waals surface area contributed by atoms with Crippen LogP contribution >= 0.6 is 0 Å². The molecule has 0 aromatic heterocycles. The highest BCUT2D eigenvalue weighted by molar-refractivity contribution is 7.87. The minimum absolute atomic E-state index is 0.00961. The third kappa shape index (κ3) is 2.61. The normalized spacial score (nSPS) is 19.7. The summed E-state index contributed by atoms with van der Waals surface area (Å²) in [5.74, 6) is 0.406. The highest BCUT2D eigenvalue weighted by Crippen LogP contribution is 2.36. The van der Waals surface area contributed by atoms with E-state index in [1.54, 1.807) is 30.3 Å². The van der Waals surface area contributed by atoms with Crippen molar-refractivity contribution in [2.45, 2.75) is 18.5 Å². The number of hydrogen-bond acceptors (Lipinski definition) is 5. The number of nitrogens with zero attached hydrogens (tertiary/aromatic N) is 1. The van der Waals surface area contributed by atoms with E-state index < -0.39 is 21.7 Å². The van der Waals surface area contributed by atoms with Crippen molar-refractivity contribution < 1.29 is 30.6 Å². The van der Waals surface area contributed by atoms with Crippen LogP contribution in [-0.2, 0) is 14.4 Å². The van der Waals surface area contributed by atoms with Gasteiger partial charge in [0.1, 0.15) is 17.6 Å². The number of alkyl halides is 3. The molecule has 0 aliphatic carbocycles. The van der Waals surface area contributed by atoms with Crippen molar-refractivity contribution in [2.75, 3.05) is 0 Å². The molecule has 0 N–H and O–H groups in total. The second-order valence-electron chi connectivity index (χ2n) is 4.87. The van der Waals surface area contributed by atoms with Gasteiger partial charge in [0.15, 0.2) is 0 Å². The zero-order chi connectivity index (χ0) is 16.8. The van der Waals surface area contributed by atoms with Gasteiger partial charge in [-0.15, -0.1) is 0 Å². The summed E-state index contributed by atoms with van der Waals surface area (Å²) >= 11 is 0. The first kappa shape index (κ1) is 15.6. The Morgan fingerprint density at radius 2 is 1.87 bits per heavy atom. The van der Waals surface area contributed by atoms with E-state index in [0.29, 0.717) is 16.7 Å². The van der Waals surface area contributed by atoms with E-state index in [-0.39, 0.29) is 5.71 Å². The molecule has 0 radical (unpaired) electrons. The number of fused-ring (bicyclic) bond motifs is 3. The van der Waals surface area contributed by atoms with Gasteiger partial charge in [0.05, 0.1) is 5.56 Å². The molecule has 3 rings (SSSR count). The monoisotopic (exact) mass is 345 g/mol. The van der Waals surface area contributed by atoms with Crippen molar-refractivity contribution in [2.24, 2.45) is 5.16 Å². The first-order valence-corrected chi connectivity index (χ1v) is 7.88. The maximum atomic E-state index is 12.3. The number of oxime groups is 1. The molecule has 122 valence electrons. The van der Waals surface area contributed by atoms with Gasteiger partial charge in [-0.05, 0) is 23.8 Å². The van der Waals surface area contributed by atoms with E-state index in [1.807, 2.05) is 6.07 Å². The predicted molar refractivity (Wildman–Crippen MR) is 76.6 cm³/mol. The highest BCUT2D eigenvalue weighted by atomic mass is 32.2. The molecule has 0 saturated carbocycles. The Hall–Kier alpha value is -2.29. The lowest BCUT2D eigenvalue weighted by molar-refractivity contribution is -0.0541. The van der Waals surface area contributed by atoms with Gasteiger partial charge in [0.2, 0.25) is 0 Å². The Bertz CT molecular complexity index is 906. The molecule has 23 heavy (non-hydrogen) atoms. The Morgan fingerprint density at radius 3 is 2.57 bits per heavy atom. The van der Waals surface area contributed by atoms with Crippen LogP contribution in [0.15, 0.2) is 41.6 Å². The molecule has 1 unspecified atom stereocenters. The van der Waals surface area contributed by atoms with Gasteiger partial charge in [0.25, 0.3) is 0 Å². The molecule has 1 heterocycles. The minimum Gasteiger partial charge on any atom is -0.484 e. The van der Waals surface area contributed by atoms with E-state index >= 15 is 0 Å². The van der Waals surface area contributed by atoms with Crippen LogP contribution in [0.25, 0.3) is 10.8 Å². The molecule has 1 atom stereocenters. The first-order valence-electron chi connectivity index (χ1n) is 6.47. The summed E-state index contributed by atoms with van der Waals surface area (Å²) in [5, 5.41) is 4.71. The topological polar surface area (TPSA) is 65.0 Å². The second-order valence-corrected chi connectivity index (χ2v) is 6.39. The molecular formula is C14H10F3NO4S. The fourth-order valence-electron chi connectivity index (χ4n) is 2.31. The van der Waals surface area contributed by atoms with Crippen molar-refractivity contribution in [3.05, 3.63) is 42.0 Å². The maximum Gasteiger partial charge on any atom is 0.536 e. The summed E-state index contributed by atoms with van der Waals surface area (Å²) in [5.41, 5.74) is -5.13. The summed E-state index contributed by atoms with van der Waals surface area (Å²) in [7, 11) is -5.81. The molecule has 5 nitrogen and oxygen atoms in total. The van der Waals surface area contributed by atoms with E-state index in [9.17, 15) is 21.6 Å². The zero-order valence-corrected chi connectivity index (χ0v) is 12.5. The molecule has 0 fully saturated rings. The van der Waals surface area contributed by atoms with Crippen molar-refractivity contribution in [1.82, 2.24) is 0 Å². The van der Waals surface area contributed by atoms with Crippen molar-refractivity contribution >= 4 is 26.6 Å². The van der Waals surface area contributed by atoms with Crippen LogP contribution in [0.5, 0.6) is 5.75 Å². The van der Waals surface area contributed by atoms with Crippen molar-refractivity contribution in [3.63, 3.8) is 0 Å². The Labute approximate surface area is 129 Å². The van der Waals surface area contributed by atoms with Crippen LogP contribution in [0.1, 0.15) is 12.5 Å². The van der Waals surface area contributed by atoms with E-state index in [2.05, 4.69) is 9.44 Å². The number of benzene rings is 2. The second kappa shape index (κ2) is 5.12. The third-order valence-electron chi connectivity index (χ3n) is 3.35.